The van der Waals surface area contributed by atoms with E-state index in [-0.39, 0.29) is 0 Å². The Hall–Kier alpha value is -2.07. The fourth-order valence-electron chi connectivity index (χ4n) is 1.19. The third-order valence-electron chi connectivity index (χ3n) is 1.98. The highest BCUT2D eigenvalue weighted by Gasteiger charge is 2.29. The van der Waals surface area contributed by atoms with E-state index in [1.807, 2.05) is 0 Å². The van der Waals surface area contributed by atoms with E-state index in [4.69, 9.17) is 10.8 Å². The summed E-state index contributed by atoms with van der Waals surface area (Å²) in [4.78, 5) is 24.7. The molecule has 0 aromatic carbocycles. The lowest BCUT2D eigenvalue weighted by Crippen LogP contribution is -2.43. The van der Waals surface area contributed by atoms with Crippen molar-refractivity contribution < 1.29 is 27.5 Å². The van der Waals surface area contributed by atoms with Crippen molar-refractivity contribution in [1.82, 2.24) is 9.71 Å². The zero-order valence-electron chi connectivity index (χ0n) is 9.41. The van der Waals surface area contributed by atoms with Gasteiger partial charge in [0.15, 0.2) is 5.82 Å². The van der Waals surface area contributed by atoms with E-state index < -0.39 is 45.2 Å². The molecule has 104 valence electrons. The number of aromatic nitrogens is 1. The molecule has 0 spiro atoms. The van der Waals surface area contributed by atoms with Gasteiger partial charge >= 0.3 is 5.97 Å². The van der Waals surface area contributed by atoms with Crippen LogP contribution in [0.2, 0.25) is 0 Å². The van der Waals surface area contributed by atoms with E-state index in [0.717, 1.165) is 12.3 Å². The lowest BCUT2D eigenvalue weighted by Gasteiger charge is -2.12. The van der Waals surface area contributed by atoms with Crippen molar-refractivity contribution >= 4 is 21.9 Å². The van der Waals surface area contributed by atoms with Crippen molar-refractivity contribution in [3.8, 4) is 0 Å². The van der Waals surface area contributed by atoms with Crippen molar-refractivity contribution in [2.75, 3.05) is 0 Å². The lowest BCUT2D eigenvalue weighted by atomic mass is 10.2. The number of sulfonamides is 1. The normalized spacial score (nSPS) is 12.9. The Morgan fingerprint density at radius 1 is 1.53 bits per heavy atom. The summed E-state index contributed by atoms with van der Waals surface area (Å²) < 4.78 is 38.4. The molecule has 0 aliphatic rings. The summed E-state index contributed by atoms with van der Waals surface area (Å²) in [5.41, 5.74) is 4.79. The molecule has 1 aromatic rings. The maximum atomic E-state index is 13.3. The van der Waals surface area contributed by atoms with E-state index in [1.165, 1.54) is 6.07 Å². The number of nitrogens with zero attached hydrogens (tertiary/aromatic N) is 1. The number of nitrogens with one attached hydrogen (secondary N) is 1. The Kier molecular flexibility index (Phi) is 4.51. The second-order valence-corrected chi connectivity index (χ2v) is 5.10. The van der Waals surface area contributed by atoms with Crippen LogP contribution in [0.1, 0.15) is 6.42 Å². The van der Waals surface area contributed by atoms with Crippen molar-refractivity contribution in [1.29, 1.82) is 0 Å². The highest BCUT2D eigenvalue weighted by atomic mass is 32.2. The van der Waals surface area contributed by atoms with Gasteiger partial charge in [0.05, 0.1) is 6.42 Å². The Labute approximate surface area is 107 Å². The molecule has 1 rings (SSSR count). The van der Waals surface area contributed by atoms with Gasteiger partial charge in [0, 0.05) is 6.20 Å². The highest BCUT2D eigenvalue weighted by Crippen LogP contribution is 2.11. The topological polar surface area (TPSA) is 139 Å². The molecule has 0 saturated carbocycles. The van der Waals surface area contributed by atoms with E-state index in [0.29, 0.717) is 0 Å². The first-order valence-corrected chi connectivity index (χ1v) is 6.36. The Bertz CT molecular complexity index is 604. The summed E-state index contributed by atoms with van der Waals surface area (Å²) in [5, 5.41) is 7.80. The number of rotatable bonds is 6. The van der Waals surface area contributed by atoms with E-state index in [9.17, 15) is 22.4 Å². The first-order chi connectivity index (χ1) is 8.74. The van der Waals surface area contributed by atoms with Crippen molar-refractivity contribution in [2.24, 2.45) is 5.73 Å². The number of aliphatic carboxylic acids is 1. The number of halogens is 1. The summed E-state index contributed by atoms with van der Waals surface area (Å²) in [5.74, 6) is -3.77. The first-order valence-electron chi connectivity index (χ1n) is 4.88. The Morgan fingerprint density at radius 3 is 2.63 bits per heavy atom. The van der Waals surface area contributed by atoms with Gasteiger partial charge in [-0.25, -0.2) is 17.8 Å². The standard InChI is InChI=1S/C9H10FN3O5S/c10-5-2-1-3-12-8(5)19(17,18)13-6(9(15)16)4-7(11)14/h1-3,6,13H,4H2,(H2,11,14)(H,15,16). The molecule has 1 aromatic heterocycles. The molecule has 0 aliphatic heterocycles. The van der Waals surface area contributed by atoms with Gasteiger partial charge in [0.1, 0.15) is 6.04 Å². The van der Waals surface area contributed by atoms with E-state index >= 15 is 0 Å². The molecule has 0 saturated heterocycles. The second-order valence-electron chi connectivity index (χ2n) is 3.47. The quantitative estimate of drug-likeness (QED) is 0.603. The SMILES string of the molecule is NC(=O)CC(NS(=O)(=O)c1ncccc1F)C(=O)O. The van der Waals surface area contributed by atoms with Crippen LogP contribution < -0.4 is 10.5 Å². The zero-order chi connectivity index (χ0) is 14.6. The zero-order valence-corrected chi connectivity index (χ0v) is 10.2. The van der Waals surface area contributed by atoms with Gasteiger partial charge < -0.3 is 10.8 Å². The number of pyridine rings is 1. The van der Waals surface area contributed by atoms with Gasteiger partial charge in [-0.15, -0.1) is 0 Å². The summed E-state index contributed by atoms with van der Waals surface area (Å²) in [7, 11) is -4.51. The fraction of sp³-hybridized carbons (Fsp3) is 0.222. The molecular weight excluding hydrogens is 281 g/mol. The molecular formula is C9H10FN3O5S. The third kappa shape index (κ3) is 3.96. The first kappa shape index (κ1) is 15.0. The molecule has 0 fully saturated rings. The van der Waals surface area contributed by atoms with Crippen LogP contribution in [0, 0.1) is 5.82 Å². The molecule has 0 radical (unpaired) electrons. The largest absolute Gasteiger partial charge is 0.480 e. The lowest BCUT2D eigenvalue weighted by molar-refractivity contribution is -0.140. The smallest absolute Gasteiger partial charge is 0.322 e. The van der Waals surface area contributed by atoms with Gasteiger partial charge in [-0.05, 0) is 12.1 Å². The fourth-order valence-corrected chi connectivity index (χ4v) is 2.39. The summed E-state index contributed by atoms with van der Waals surface area (Å²) in [6.07, 6.45) is 0.268. The Morgan fingerprint density at radius 2 is 2.16 bits per heavy atom. The number of carbonyl (C=O) groups excluding carboxylic acids is 1. The molecule has 0 bridgehead atoms. The van der Waals surface area contributed by atoms with Gasteiger partial charge in [-0.2, -0.15) is 4.72 Å². The van der Waals surface area contributed by atoms with Crippen molar-refractivity contribution in [2.45, 2.75) is 17.5 Å². The molecule has 4 N–H and O–H groups in total. The molecule has 1 atom stereocenters. The average molecular weight is 291 g/mol. The minimum atomic E-state index is -4.51. The van der Waals surface area contributed by atoms with Crippen LogP contribution in [0.15, 0.2) is 23.4 Å². The average Bonchev–Trinajstić information content (AvgIpc) is 2.27. The van der Waals surface area contributed by atoms with Crippen LogP contribution in [0.4, 0.5) is 4.39 Å². The summed E-state index contributed by atoms with van der Waals surface area (Å²) in [6, 6.07) is 0.238. The maximum absolute atomic E-state index is 13.3. The molecule has 1 heterocycles. The van der Waals surface area contributed by atoms with E-state index in [2.05, 4.69) is 4.98 Å². The molecule has 1 amide bonds. The van der Waals surface area contributed by atoms with Gasteiger partial charge in [-0.3, -0.25) is 9.59 Å². The number of hydrogen-bond acceptors (Lipinski definition) is 5. The van der Waals surface area contributed by atoms with Crippen LogP contribution >= 0.6 is 0 Å². The monoisotopic (exact) mass is 291 g/mol. The number of carboxylic acid groups (broad SMARTS) is 1. The van der Waals surface area contributed by atoms with Gasteiger partial charge in [0.2, 0.25) is 10.9 Å². The molecule has 19 heavy (non-hydrogen) atoms. The van der Waals surface area contributed by atoms with Crippen LogP contribution in [0.3, 0.4) is 0 Å². The third-order valence-corrected chi connectivity index (χ3v) is 3.38. The van der Waals surface area contributed by atoms with Gasteiger partial charge in [0.25, 0.3) is 10.0 Å². The number of nitrogens with two attached hydrogens (primary N) is 1. The number of carbonyl (C=O) groups is 2. The number of hydrogen-bond donors (Lipinski definition) is 3. The number of carboxylic acids is 1. The van der Waals surface area contributed by atoms with Crippen molar-refractivity contribution in [3.63, 3.8) is 0 Å². The second kappa shape index (κ2) is 5.71. The maximum Gasteiger partial charge on any atom is 0.322 e. The highest BCUT2D eigenvalue weighted by molar-refractivity contribution is 7.89. The number of amides is 1. The molecule has 1 unspecified atom stereocenters. The molecule has 0 aliphatic carbocycles. The van der Waals surface area contributed by atoms with Gasteiger partial charge in [-0.1, -0.05) is 0 Å². The Balaban J connectivity index is 3.04. The van der Waals surface area contributed by atoms with Crippen LogP contribution in [-0.4, -0.2) is 36.4 Å². The van der Waals surface area contributed by atoms with Crippen LogP contribution in [0.25, 0.3) is 0 Å². The summed E-state index contributed by atoms with van der Waals surface area (Å²) >= 11 is 0. The molecule has 10 heteroatoms. The minimum Gasteiger partial charge on any atom is -0.480 e. The predicted molar refractivity (Wildman–Crippen MR) is 59.8 cm³/mol. The minimum absolute atomic E-state index is 0.761. The van der Waals surface area contributed by atoms with Crippen LogP contribution in [-0.2, 0) is 19.6 Å². The van der Waals surface area contributed by atoms with E-state index in [1.54, 1.807) is 4.72 Å². The van der Waals surface area contributed by atoms with Crippen LogP contribution in [0.5, 0.6) is 0 Å². The summed E-state index contributed by atoms with van der Waals surface area (Å²) in [6.45, 7) is 0. The number of primary amides is 1. The predicted octanol–water partition coefficient (Wildman–Crippen LogP) is -1.17. The van der Waals surface area contributed by atoms with Crippen molar-refractivity contribution in [3.05, 3.63) is 24.1 Å². The molecule has 8 nitrogen and oxygen atoms in total.